The monoisotopic (exact) mass is 306 g/mol. The number of nitrogens with one attached hydrogen (secondary N) is 2. The molecule has 0 bridgehead atoms. The van der Waals surface area contributed by atoms with Crippen LogP contribution in [0.3, 0.4) is 0 Å². The highest BCUT2D eigenvalue weighted by Gasteiger charge is 2.31. The lowest BCUT2D eigenvalue weighted by Crippen LogP contribution is -2.51. The standard InChI is InChI=1S/C17H26N2O3/c1-13(20)10-15(14-6-4-3-5-7-14)11-18-16(21)19-17(2)8-9-22-12-17/h3-7,13,15,20H,8-12H2,1-2H3,(H2,18,19,21). The SMILES string of the molecule is CC(O)CC(CNC(=O)NC1(C)CCOC1)c1ccccc1. The van der Waals surface area contributed by atoms with Gasteiger partial charge in [0.05, 0.1) is 18.2 Å². The molecule has 22 heavy (non-hydrogen) atoms. The Morgan fingerprint density at radius 2 is 2.14 bits per heavy atom. The van der Waals surface area contributed by atoms with Crippen LogP contribution >= 0.6 is 0 Å². The van der Waals surface area contributed by atoms with Crippen LogP contribution in [0.5, 0.6) is 0 Å². The molecule has 1 heterocycles. The largest absolute Gasteiger partial charge is 0.393 e. The van der Waals surface area contributed by atoms with Gasteiger partial charge in [-0.3, -0.25) is 0 Å². The van der Waals surface area contributed by atoms with Crippen molar-refractivity contribution in [3.63, 3.8) is 0 Å². The Kier molecular flexibility index (Phi) is 5.80. The van der Waals surface area contributed by atoms with Crippen LogP contribution in [0.1, 0.15) is 38.2 Å². The molecule has 1 saturated heterocycles. The summed E-state index contributed by atoms with van der Waals surface area (Å²) in [5.41, 5.74) is 0.843. The molecule has 1 aromatic rings. The van der Waals surface area contributed by atoms with Gasteiger partial charge in [0, 0.05) is 19.1 Å². The Labute approximate surface area is 132 Å². The molecule has 0 radical (unpaired) electrons. The van der Waals surface area contributed by atoms with Crippen LogP contribution in [-0.2, 0) is 4.74 Å². The number of aliphatic hydroxyl groups is 1. The molecule has 3 atom stereocenters. The fourth-order valence-electron chi connectivity index (χ4n) is 2.77. The van der Waals surface area contributed by atoms with Crippen LogP contribution in [-0.4, -0.2) is 42.5 Å². The fraction of sp³-hybridized carbons (Fsp3) is 0.588. The summed E-state index contributed by atoms with van der Waals surface area (Å²) < 4.78 is 5.33. The molecule has 0 saturated carbocycles. The van der Waals surface area contributed by atoms with E-state index in [1.54, 1.807) is 6.92 Å². The molecule has 2 amide bonds. The minimum atomic E-state index is -0.407. The molecule has 0 spiro atoms. The second-order valence-electron chi connectivity index (χ2n) is 6.39. The summed E-state index contributed by atoms with van der Waals surface area (Å²) in [6.07, 6.45) is 1.04. The number of benzene rings is 1. The van der Waals surface area contributed by atoms with Crippen molar-refractivity contribution >= 4 is 6.03 Å². The van der Waals surface area contributed by atoms with E-state index in [1.165, 1.54) is 0 Å². The fourth-order valence-corrected chi connectivity index (χ4v) is 2.77. The van der Waals surface area contributed by atoms with Gasteiger partial charge < -0.3 is 20.5 Å². The Hall–Kier alpha value is -1.59. The van der Waals surface area contributed by atoms with E-state index in [4.69, 9.17) is 4.74 Å². The van der Waals surface area contributed by atoms with Gasteiger partial charge in [0.1, 0.15) is 0 Å². The molecule has 5 nitrogen and oxygen atoms in total. The summed E-state index contributed by atoms with van der Waals surface area (Å²) in [6, 6.07) is 9.78. The maximum atomic E-state index is 12.1. The van der Waals surface area contributed by atoms with Crippen LogP contribution in [0.4, 0.5) is 4.79 Å². The third-order valence-electron chi connectivity index (χ3n) is 4.04. The number of carbonyl (C=O) groups is 1. The summed E-state index contributed by atoms with van der Waals surface area (Å²) in [5, 5.41) is 15.6. The van der Waals surface area contributed by atoms with E-state index in [-0.39, 0.29) is 17.5 Å². The number of aliphatic hydroxyl groups excluding tert-OH is 1. The van der Waals surface area contributed by atoms with E-state index in [0.717, 1.165) is 12.0 Å². The lowest BCUT2D eigenvalue weighted by atomic mass is 9.93. The topological polar surface area (TPSA) is 70.6 Å². The third-order valence-corrected chi connectivity index (χ3v) is 4.04. The zero-order valence-electron chi connectivity index (χ0n) is 13.3. The van der Waals surface area contributed by atoms with Crippen LogP contribution in [0.2, 0.25) is 0 Å². The van der Waals surface area contributed by atoms with E-state index < -0.39 is 6.10 Å². The molecule has 1 fully saturated rings. The Morgan fingerprint density at radius 1 is 1.41 bits per heavy atom. The van der Waals surface area contributed by atoms with Crippen LogP contribution in [0.25, 0.3) is 0 Å². The second kappa shape index (κ2) is 7.61. The molecule has 3 unspecified atom stereocenters. The number of hydrogen-bond acceptors (Lipinski definition) is 3. The van der Waals surface area contributed by atoms with E-state index in [2.05, 4.69) is 10.6 Å². The van der Waals surface area contributed by atoms with Crippen LogP contribution < -0.4 is 10.6 Å². The van der Waals surface area contributed by atoms with E-state index in [0.29, 0.717) is 26.2 Å². The normalized spacial score (nSPS) is 23.8. The molecule has 1 aliphatic rings. The van der Waals surface area contributed by atoms with Gasteiger partial charge in [0.2, 0.25) is 0 Å². The zero-order chi connectivity index (χ0) is 16.0. The van der Waals surface area contributed by atoms with Gasteiger partial charge in [-0.05, 0) is 32.3 Å². The lowest BCUT2D eigenvalue weighted by molar-refractivity contribution is 0.167. The Morgan fingerprint density at radius 3 is 2.73 bits per heavy atom. The maximum Gasteiger partial charge on any atom is 0.315 e. The summed E-state index contributed by atoms with van der Waals surface area (Å²) in [7, 11) is 0. The van der Waals surface area contributed by atoms with Gasteiger partial charge in [-0.2, -0.15) is 0 Å². The van der Waals surface area contributed by atoms with Gasteiger partial charge in [-0.1, -0.05) is 30.3 Å². The minimum absolute atomic E-state index is 0.0968. The smallest absolute Gasteiger partial charge is 0.315 e. The van der Waals surface area contributed by atoms with Gasteiger partial charge in [-0.15, -0.1) is 0 Å². The quantitative estimate of drug-likeness (QED) is 0.753. The molecule has 1 aliphatic heterocycles. The number of hydrogen-bond donors (Lipinski definition) is 3. The minimum Gasteiger partial charge on any atom is -0.393 e. The van der Waals surface area contributed by atoms with E-state index in [9.17, 15) is 9.90 Å². The van der Waals surface area contributed by atoms with Gasteiger partial charge in [0.15, 0.2) is 0 Å². The maximum absolute atomic E-state index is 12.1. The summed E-state index contributed by atoms with van der Waals surface area (Å²) >= 11 is 0. The first-order valence-electron chi connectivity index (χ1n) is 7.85. The number of rotatable bonds is 6. The predicted octanol–water partition coefficient (Wildman–Crippen LogP) is 2.02. The molecule has 2 rings (SSSR count). The second-order valence-corrected chi connectivity index (χ2v) is 6.39. The highest BCUT2D eigenvalue weighted by atomic mass is 16.5. The molecule has 0 aliphatic carbocycles. The van der Waals surface area contributed by atoms with Crippen molar-refractivity contribution in [3.8, 4) is 0 Å². The molecule has 1 aromatic carbocycles. The Balaban J connectivity index is 1.89. The zero-order valence-corrected chi connectivity index (χ0v) is 13.3. The molecule has 3 N–H and O–H groups in total. The highest BCUT2D eigenvalue weighted by molar-refractivity contribution is 5.74. The van der Waals surface area contributed by atoms with E-state index in [1.807, 2.05) is 37.3 Å². The summed E-state index contributed by atoms with van der Waals surface area (Å²) in [4.78, 5) is 12.1. The van der Waals surface area contributed by atoms with Crippen molar-refractivity contribution in [2.45, 2.75) is 44.2 Å². The number of ether oxygens (including phenoxy) is 1. The van der Waals surface area contributed by atoms with Gasteiger partial charge in [0.25, 0.3) is 0 Å². The van der Waals surface area contributed by atoms with Gasteiger partial charge >= 0.3 is 6.03 Å². The third kappa shape index (κ3) is 5.00. The molecular formula is C17H26N2O3. The molecule has 122 valence electrons. The average molecular weight is 306 g/mol. The molecule has 5 heteroatoms. The lowest BCUT2D eigenvalue weighted by Gasteiger charge is -2.25. The van der Waals surface area contributed by atoms with Crippen molar-refractivity contribution in [2.75, 3.05) is 19.8 Å². The van der Waals surface area contributed by atoms with Crippen molar-refractivity contribution in [1.29, 1.82) is 0 Å². The van der Waals surface area contributed by atoms with E-state index >= 15 is 0 Å². The van der Waals surface area contributed by atoms with Gasteiger partial charge in [-0.25, -0.2) is 4.79 Å². The van der Waals surface area contributed by atoms with Crippen molar-refractivity contribution < 1.29 is 14.6 Å². The summed E-state index contributed by atoms with van der Waals surface area (Å²) in [6.45, 7) is 5.50. The highest BCUT2D eigenvalue weighted by Crippen LogP contribution is 2.21. The first-order valence-corrected chi connectivity index (χ1v) is 7.85. The van der Waals surface area contributed by atoms with Crippen LogP contribution in [0, 0.1) is 0 Å². The number of carbonyl (C=O) groups excluding carboxylic acids is 1. The number of amides is 2. The number of urea groups is 1. The Bertz CT molecular complexity index is 470. The molecule has 0 aromatic heterocycles. The average Bonchev–Trinajstić information content (AvgIpc) is 2.90. The first kappa shape index (κ1) is 16.8. The molecular weight excluding hydrogens is 280 g/mol. The first-order chi connectivity index (χ1) is 10.5. The predicted molar refractivity (Wildman–Crippen MR) is 85.9 cm³/mol. The van der Waals surface area contributed by atoms with Crippen molar-refractivity contribution in [3.05, 3.63) is 35.9 Å². The van der Waals surface area contributed by atoms with Crippen molar-refractivity contribution in [1.82, 2.24) is 10.6 Å². The van der Waals surface area contributed by atoms with Crippen LogP contribution in [0.15, 0.2) is 30.3 Å². The summed E-state index contributed by atoms with van der Waals surface area (Å²) in [5.74, 6) is 0.0968. The van der Waals surface area contributed by atoms with Crippen molar-refractivity contribution in [2.24, 2.45) is 0 Å².